The van der Waals surface area contributed by atoms with Gasteiger partial charge in [0.05, 0.1) is 0 Å². The Morgan fingerprint density at radius 2 is 1.79 bits per heavy atom. The van der Waals surface area contributed by atoms with Crippen LogP contribution in [-0.4, -0.2) is 72.7 Å². The number of aromatic nitrogens is 1. The fraction of sp³-hybridized carbons (Fsp3) is 0.476. The molecule has 8 heteroatoms. The summed E-state index contributed by atoms with van der Waals surface area (Å²) in [5.74, 6) is 0.547. The Balaban J connectivity index is 1.25. The van der Waals surface area contributed by atoms with Crippen molar-refractivity contribution >= 4 is 11.9 Å². The summed E-state index contributed by atoms with van der Waals surface area (Å²) in [6.45, 7) is 6.64. The number of nitrogens with one attached hydrogen (secondary N) is 2. The first-order chi connectivity index (χ1) is 14.1. The Labute approximate surface area is 171 Å². The number of urea groups is 1. The fourth-order valence-corrected chi connectivity index (χ4v) is 3.33. The molecule has 3 amide bonds. The summed E-state index contributed by atoms with van der Waals surface area (Å²) in [4.78, 5) is 28.3. The summed E-state index contributed by atoms with van der Waals surface area (Å²) in [7, 11) is 0. The van der Waals surface area contributed by atoms with E-state index in [1.807, 2.05) is 18.2 Å². The first-order valence-electron chi connectivity index (χ1n) is 10.1. The lowest BCUT2D eigenvalue weighted by molar-refractivity contribution is 0.0629. The minimum atomic E-state index is -0.131. The maximum absolute atomic E-state index is 12.4. The van der Waals surface area contributed by atoms with Crippen LogP contribution in [0.1, 0.15) is 28.2 Å². The van der Waals surface area contributed by atoms with Gasteiger partial charge in [0.25, 0.3) is 5.91 Å². The van der Waals surface area contributed by atoms with Crippen LogP contribution in [0.4, 0.5) is 4.79 Å². The van der Waals surface area contributed by atoms with Crippen molar-refractivity contribution in [2.24, 2.45) is 0 Å². The van der Waals surface area contributed by atoms with Crippen molar-refractivity contribution in [2.45, 2.75) is 19.8 Å². The van der Waals surface area contributed by atoms with Crippen molar-refractivity contribution in [3.63, 3.8) is 0 Å². The van der Waals surface area contributed by atoms with Crippen molar-refractivity contribution in [2.75, 3.05) is 45.8 Å². The van der Waals surface area contributed by atoms with E-state index in [2.05, 4.69) is 32.8 Å². The molecule has 29 heavy (non-hydrogen) atoms. The number of carbonyl (C=O) groups is 2. The van der Waals surface area contributed by atoms with Gasteiger partial charge in [-0.2, -0.15) is 0 Å². The van der Waals surface area contributed by atoms with Crippen LogP contribution in [0.25, 0.3) is 0 Å². The molecule has 2 aromatic rings. The smallest absolute Gasteiger partial charge is 0.314 e. The molecule has 2 N–H and O–H groups in total. The third-order valence-corrected chi connectivity index (χ3v) is 4.99. The lowest BCUT2D eigenvalue weighted by atomic mass is 10.1. The summed E-state index contributed by atoms with van der Waals surface area (Å²) in [5.41, 5.74) is 1.65. The average Bonchev–Trinajstić information content (AvgIpc) is 3.18. The second kappa shape index (κ2) is 10.6. The second-order valence-corrected chi connectivity index (χ2v) is 7.23. The lowest BCUT2D eigenvalue weighted by Gasteiger charge is -2.34. The molecule has 0 unspecified atom stereocenters. The second-order valence-electron chi connectivity index (χ2n) is 7.23. The van der Waals surface area contributed by atoms with E-state index in [1.54, 1.807) is 17.9 Å². The van der Waals surface area contributed by atoms with Gasteiger partial charge in [-0.1, -0.05) is 35.5 Å². The topological polar surface area (TPSA) is 90.7 Å². The lowest BCUT2D eigenvalue weighted by Crippen LogP contribution is -2.50. The third kappa shape index (κ3) is 6.60. The van der Waals surface area contributed by atoms with Crippen LogP contribution in [0.15, 0.2) is 40.9 Å². The van der Waals surface area contributed by atoms with Gasteiger partial charge >= 0.3 is 6.03 Å². The summed E-state index contributed by atoms with van der Waals surface area (Å²) in [6, 6.07) is 11.8. The largest absolute Gasteiger partial charge is 0.361 e. The molecule has 0 saturated carbocycles. The number of rotatable bonds is 8. The Bertz CT molecular complexity index is 785. The number of aryl methyl sites for hydroxylation is 2. The fourth-order valence-electron chi connectivity index (χ4n) is 3.33. The number of hydrogen-bond acceptors (Lipinski definition) is 5. The normalized spacial score (nSPS) is 14.6. The molecule has 1 fully saturated rings. The quantitative estimate of drug-likeness (QED) is 0.659. The van der Waals surface area contributed by atoms with Crippen LogP contribution in [0.5, 0.6) is 0 Å². The molecular weight excluding hydrogens is 370 g/mol. The number of piperazine rings is 1. The van der Waals surface area contributed by atoms with E-state index in [9.17, 15) is 9.59 Å². The van der Waals surface area contributed by atoms with E-state index in [0.29, 0.717) is 37.6 Å². The van der Waals surface area contributed by atoms with Crippen molar-refractivity contribution in [1.82, 2.24) is 25.6 Å². The van der Waals surface area contributed by atoms with Crippen molar-refractivity contribution in [1.29, 1.82) is 0 Å². The van der Waals surface area contributed by atoms with Gasteiger partial charge in [-0.15, -0.1) is 0 Å². The SMILES string of the molecule is Cc1cc(C(=O)N2CCN(CCNC(=O)NCCCc3ccccc3)CC2)no1. The molecule has 1 aromatic carbocycles. The maximum atomic E-state index is 12.4. The highest BCUT2D eigenvalue weighted by molar-refractivity contribution is 5.92. The molecule has 1 aromatic heterocycles. The number of hydrogen-bond donors (Lipinski definition) is 2. The number of carbonyl (C=O) groups excluding carboxylic acids is 2. The van der Waals surface area contributed by atoms with E-state index in [1.165, 1.54) is 5.56 Å². The predicted octanol–water partition coefficient (Wildman–Crippen LogP) is 1.67. The van der Waals surface area contributed by atoms with Crippen LogP contribution < -0.4 is 10.6 Å². The van der Waals surface area contributed by atoms with Crippen LogP contribution >= 0.6 is 0 Å². The van der Waals surface area contributed by atoms with Gasteiger partial charge in [0.2, 0.25) is 0 Å². The van der Waals surface area contributed by atoms with Gasteiger partial charge in [-0.05, 0) is 25.3 Å². The molecular formula is C21H29N5O3. The monoisotopic (exact) mass is 399 g/mol. The molecule has 0 spiro atoms. The van der Waals surface area contributed by atoms with Gasteiger partial charge in [0.15, 0.2) is 5.69 Å². The van der Waals surface area contributed by atoms with Crippen LogP contribution in [0.2, 0.25) is 0 Å². The van der Waals surface area contributed by atoms with Crippen LogP contribution in [-0.2, 0) is 6.42 Å². The highest BCUT2D eigenvalue weighted by Gasteiger charge is 2.24. The minimum Gasteiger partial charge on any atom is -0.361 e. The first kappa shape index (κ1) is 20.9. The minimum absolute atomic E-state index is 0.0884. The van der Waals surface area contributed by atoms with E-state index in [-0.39, 0.29) is 11.9 Å². The summed E-state index contributed by atoms with van der Waals surface area (Å²) in [5, 5.41) is 9.58. The van der Waals surface area contributed by atoms with E-state index in [4.69, 9.17) is 4.52 Å². The molecule has 0 bridgehead atoms. The molecule has 0 radical (unpaired) electrons. The molecule has 8 nitrogen and oxygen atoms in total. The molecule has 0 atom stereocenters. The molecule has 2 heterocycles. The Hall–Kier alpha value is -2.87. The standard InChI is InChI=1S/C21H29N5O3/c1-17-16-19(24-29-17)20(27)26-14-12-25(13-15-26)11-10-23-21(28)22-9-5-8-18-6-3-2-4-7-18/h2-4,6-7,16H,5,8-15H2,1H3,(H2,22,23,28). The van der Waals surface area contributed by atoms with Crippen molar-refractivity contribution < 1.29 is 14.1 Å². The van der Waals surface area contributed by atoms with Gasteiger partial charge in [-0.3, -0.25) is 9.69 Å². The zero-order valence-electron chi connectivity index (χ0n) is 16.9. The van der Waals surface area contributed by atoms with Crippen molar-refractivity contribution in [3.05, 3.63) is 53.4 Å². The molecule has 1 aliphatic rings. The molecule has 1 aliphatic heterocycles. The number of amides is 3. The number of benzene rings is 1. The molecule has 156 valence electrons. The van der Waals surface area contributed by atoms with Gasteiger partial charge in [0, 0.05) is 51.9 Å². The third-order valence-electron chi connectivity index (χ3n) is 4.99. The van der Waals surface area contributed by atoms with Crippen LogP contribution in [0.3, 0.4) is 0 Å². The van der Waals surface area contributed by atoms with E-state index >= 15 is 0 Å². The van der Waals surface area contributed by atoms with Crippen LogP contribution in [0, 0.1) is 6.92 Å². The predicted molar refractivity (Wildman–Crippen MR) is 110 cm³/mol. The van der Waals surface area contributed by atoms with Gasteiger partial charge in [0.1, 0.15) is 5.76 Å². The first-order valence-corrected chi connectivity index (χ1v) is 10.1. The number of nitrogens with zero attached hydrogens (tertiary/aromatic N) is 3. The Morgan fingerprint density at radius 1 is 1.07 bits per heavy atom. The summed E-state index contributed by atoms with van der Waals surface area (Å²) >= 11 is 0. The maximum Gasteiger partial charge on any atom is 0.314 e. The van der Waals surface area contributed by atoms with E-state index < -0.39 is 0 Å². The highest BCUT2D eigenvalue weighted by Crippen LogP contribution is 2.09. The summed E-state index contributed by atoms with van der Waals surface area (Å²) in [6.07, 6.45) is 1.87. The highest BCUT2D eigenvalue weighted by atomic mass is 16.5. The Kier molecular flexibility index (Phi) is 7.63. The Morgan fingerprint density at radius 3 is 2.48 bits per heavy atom. The van der Waals surface area contributed by atoms with Gasteiger partial charge < -0.3 is 20.1 Å². The van der Waals surface area contributed by atoms with E-state index in [0.717, 1.165) is 32.5 Å². The zero-order valence-corrected chi connectivity index (χ0v) is 16.9. The molecule has 3 rings (SSSR count). The molecule has 1 saturated heterocycles. The summed E-state index contributed by atoms with van der Waals surface area (Å²) < 4.78 is 4.98. The molecule has 0 aliphatic carbocycles. The zero-order chi connectivity index (χ0) is 20.5. The van der Waals surface area contributed by atoms with Crippen molar-refractivity contribution in [3.8, 4) is 0 Å². The van der Waals surface area contributed by atoms with Gasteiger partial charge in [-0.25, -0.2) is 4.79 Å². The average molecular weight is 399 g/mol.